The fourth-order valence-electron chi connectivity index (χ4n) is 0.949. The van der Waals surface area contributed by atoms with Crippen LogP contribution in [0.15, 0.2) is 18.2 Å². The predicted molar refractivity (Wildman–Crippen MR) is 49.7 cm³/mol. The molecule has 1 aromatic carbocycles. The molecule has 0 saturated carbocycles. The van der Waals surface area contributed by atoms with E-state index < -0.39 is 29.1 Å². The van der Waals surface area contributed by atoms with Gasteiger partial charge in [0.2, 0.25) is 0 Å². The first kappa shape index (κ1) is 12.6. The molecule has 0 spiro atoms. The lowest BCUT2D eigenvalue weighted by molar-refractivity contribution is -0.385. The molecular weight excluding hydrogens is 251 g/mol. The van der Waals surface area contributed by atoms with Gasteiger partial charge in [-0.2, -0.15) is 13.2 Å². The van der Waals surface area contributed by atoms with Crippen LogP contribution in [0.2, 0.25) is 5.02 Å². The number of halogens is 4. The van der Waals surface area contributed by atoms with Crippen molar-refractivity contribution in [1.82, 2.24) is 0 Å². The zero-order valence-electron chi connectivity index (χ0n) is 7.62. The van der Waals surface area contributed by atoms with Gasteiger partial charge in [0.05, 0.1) is 4.92 Å². The van der Waals surface area contributed by atoms with E-state index in [9.17, 15) is 23.3 Å². The maximum absolute atomic E-state index is 11.8. The molecule has 0 atom stereocenters. The lowest BCUT2D eigenvalue weighted by Crippen LogP contribution is -2.19. The van der Waals surface area contributed by atoms with Crippen molar-refractivity contribution in [2.24, 2.45) is 0 Å². The molecule has 0 aliphatic heterocycles. The van der Waals surface area contributed by atoms with Gasteiger partial charge in [0.15, 0.2) is 12.4 Å². The van der Waals surface area contributed by atoms with E-state index in [1.807, 2.05) is 0 Å². The molecular formula is C8H5ClF3NO3. The standard InChI is InChI=1S/C8H5ClF3NO3/c9-5-2-1-3-6(7(5)13(14)15)16-4-8(10,11)12/h1-3H,4H2. The van der Waals surface area contributed by atoms with E-state index in [0.29, 0.717) is 0 Å². The maximum Gasteiger partial charge on any atom is 0.422 e. The highest BCUT2D eigenvalue weighted by Crippen LogP contribution is 2.34. The summed E-state index contributed by atoms with van der Waals surface area (Å²) in [7, 11) is 0. The van der Waals surface area contributed by atoms with E-state index in [4.69, 9.17) is 11.6 Å². The zero-order valence-corrected chi connectivity index (χ0v) is 8.38. The highest BCUT2D eigenvalue weighted by Gasteiger charge is 2.30. The van der Waals surface area contributed by atoms with Crippen LogP contribution >= 0.6 is 11.6 Å². The Balaban J connectivity index is 2.96. The summed E-state index contributed by atoms with van der Waals surface area (Å²) in [6, 6.07) is 3.51. The normalized spacial score (nSPS) is 11.2. The van der Waals surface area contributed by atoms with E-state index in [2.05, 4.69) is 4.74 Å². The van der Waals surface area contributed by atoms with Crippen molar-refractivity contribution in [3.8, 4) is 5.75 Å². The summed E-state index contributed by atoms with van der Waals surface area (Å²) >= 11 is 5.47. The van der Waals surface area contributed by atoms with Crippen LogP contribution < -0.4 is 4.74 Å². The lowest BCUT2D eigenvalue weighted by Gasteiger charge is -2.09. The van der Waals surface area contributed by atoms with Crippen LogP contribution in [0.1, 0.15) is 0 Å². The molecule has 0 radical (unpaired) electrons. The van der Waals surface area contributed by atoms with Crippen molar-refractivity contribution in [1.29, 1.82) is 0 Å². The quantitative estimate of drug-likeness (QED) is 0.616. The van der Waals surface area contributed by atoms with Gasteiger partial charge in [-0.05, 0) is 12.1 Å². The number of para-hydroxylation sites is 1. The molecule has 0 unspecified atom stereocenters. The van der Waals surface area contributed by atoms with Gasteiger partial charge in [0.25, 0.3) is 0 Å². The second kappa shape index (κ2) is 4.56. The molecule has 0 bridgehead atoms. The summed E-state index contributed by atoms with van der Waals surface area (Å²) in [5, 5.41) is 10.3. The van der Waals surface area contributed by atoms with Crippen LogP contribution in [0, 0.1) is 10.1 Å². The van der Waals surface area contributed by atoms with Crippen molar-refractivity contribution in [3.63, 3.8) is 0 Å². The molecule has 88 valence electrons. The van der Waals surface area contributed by atoms with Gasteiger partial charge in [0.1, 0.15) is 5.02 Å². The number of ether oxygens (including phenoxy) is 1. The first-order valence-electron chi connectivity index (χ1n) is 3.94. The topological polar surface area (TPSA) is 52.4 Å². The van der Waals surface area contributed by atoms with Crippen molar-refractivity contribution < 1.29 is 22.8 Å². The smallest absolute Gasteiger partial charge is 0.422 e. The molecule has 0 amide bonds. The predicted octanol–water partition coefficient (Wildman–Crippen LogP) is 3.19. The molecule has 0 aliphatic rings. The maximum atomic E-state index is 11.8. The van der Waals surface area contributed by atoms with Gasteiger partial charge in [-0.1, -0.05) is 17.7 Å². The Morgan fingerprint density at radius 2 is 2.06 bits per heavy atom. The molecule has 8 heteroatoms. The summed E-state index contributed by atoms with van der Waals surface area (Å²) in [6.45, 7) is -1.60. The van der Waals surface area contributed by atoms with Gasteiger partial charge in [-0.3, -0.25) is 10.1 Å². The van der Waals surface area contributed by atoms with Crippen LogP contribution in [0.25, 0.3) is 0 Å². The highest BCUT2D eigenvalue weighted by atomic mass is 35.5. The lowest BCUT2D eigenvalue weighted by atomic mass is 10.3. The minimum Gasteiger partial charge on any atom is -0.477 e. The summed E-state index contributed by atoms with van der Waals surface area (Å²) in [6.07, 6.45) is -4.56. The summed E-state index contributed by atoms with van der Waals surface area (Å²) in [5.41, 5.74) is -0.673. The number of nitrogens with zero attached hydrogens (tertiary/aromatic N) is 1. The Bertz CT molecular complexity index is 408. The number of alkyl halides is 3. The number of benzene rings is 1. The van der Waals surface area contributed by atoms with Crippen LogP contribution in [0.5, 0.6) is 5.75 Å². The van der Waals surface area contributed by atoms with Gasteiger partial charge in [-0.15, -0.1) is 0 Å². The minimum atomic E-state index is -4.56. The van der Waals surface area contributed by atoms with Gasteiger partial charge in [0, 0.05) is 0 Å². The molecule has 0 saturated heterocycles. The largest absolute Gasteiger partial charge is 0.477 e. The molecule has 0 fully saturated rings. The number of rotatable bonds is 3. The molecule has 0 aliphatic carbocycles. The van der Waals surface area contributed by atoms with Crippen molar-refractivity contribution in [3.05, 3.63) is 33.3 Å². The summed E-state index contributed by atoms with van der Waals surface area (Å²) < 4.78 is 39.8. The van der Waals surface area contributed by atoms with Crippen LogP contribution in [0.4, 0.5) is 18.9 Å². The fourth-order valence-corrected chi connectivity index (χ4v) is 1.18. The molecule has 1 rings (SSSR count). The number of nitro groups is 1. The second-order valence-electron chi connectivity index (χ2n) is 2.75. The Morgan fingerprint density at radius 1 is 1.44 bits per heavy atom. The van der Waals surface area contributed by atoms with E-state index >= 15 is 0 Å². The average molecular weight is 256 g/mol. The molecule has 4 nitrogen and oxygen atoms in total. The Labute approximate surface area is 92.7 Å². The Hall–Kier alpha value is -1.50. The van der Waals surface area contributed by atoms with E-state index in [0.717, 1.165) is 6.07 Å². The Morgan fingerprint density at radius 3 is 2.56 bits per heavy atom. The summed E-state index contributed by atoms with van der Waals surface area (Å²) in [5.74, 6) is -0.505. The first-order chi connectivity index (χ1) is 7.31. The minimum absolute atomic E-state index is 0.273. The molecule has 16 heavy (non-hydrogen) atoms. The molecule has 1 aromatic rings. The van der Waals surface area contributed by atoms with Crippen molar-refractivity contribution in [2.75, 3.05) is 6.61 Å². The van der Waals surface area contributed by atoms with E-state index in [1.54, 1.807) is 0 Å². The zero-order chi connectivity index (χ0) is 12.3. The second-order valence-corrected chi connectivity index (χ2v) is 3.15. The average Bonchev–Trinajstić information content (AvgIpc) is 2.12. The Kier molecular flexibility index (Phi) is 3.58. The first-order valence-corrected chi connectivity index (χ1v) is 4.31. The van der Waals surface area contributed by atoms with Gasteiger partial charge >= 0.3 is 11.9 Å². The fraction of sp³-hybridized carbons (Fsp3) is 0.250. The van der Waals surface area contributed by atoms with Crippen LogP contribution in [-0.4, -0.2) is 17.7 Å². The number of hydrogen-bond donors (Lipinski definition) is 0. The number of nitro benzene ring substituents is 1. The SMILES string of the molecule is O=[N+]([O-])c1c(Cl)cccc1OCC(F)(F)F. The molecule has 0 N–H and O–H groups in total. The third kappa shape index (κ3) is 3.27. The summed E-state index contributed by atoms with van der Waals surface area (Å²) in [4.78, 5) is 9.63. The number of hydrogen-bond acceptors (Lipinski definition) is 3. The monoisotopic (exact) mass is 255 g/mol. The van der Waals surface area contributed by atoms with Crippen molar-refractivity contribution in [2.45, 2.75) is 6.18 Å². The van der Waals surface area contributed by atoms with E-state index in [-0.39, 0.29) is 5.02 Å². The van der Waals surface area contributed by atoms with E-state index in [1.165, 1.54) is 12.1 Å². The highest BCUT2D eigenvalue weighted by molar-refractivity contribution is 6.32. The molecule has 0 aromatic heterocycles. The third-order valence-corrected chi connectivity index (χ3v) is 1.83. The van der Waals surface area contributed by atoms with Crippen LogP contribution in [-0.2, 0) is 0 Å². The van der Waals surface area contributed by atoms with Gasteiger partial charge in [-0.25, -0.2) is 0 Å². The van der Waals surface area contributed by atoms with Gasteiger partial charge < -0.3 is 4.74 Å². The van der Waals surface area contributed by atoms with Crippen molar-refractivity contribution >= 4 is 17.3 Å². The molecule has 0 heterocycles. The third-order valence-electron chi connectivity index (χ3n) is 1.52. The van der Waals surface area contributed by atoms with Crippen LogP contribution in [0.3, 0.4) is 0 Å².